The van der Waals surface area contributed by atoms with E-state index in [1.54, 1.807) is 0 Å². The molecule has 0 saturated heterocycles. The van der Waals surface area contributed by atoms with E-state index in [9.17, 15) is 12.8 Å². The Morgan fingerprint density at radius 1 is 1.41 bits per heavy atom. The number of anilines is 1. The number of hydrogen-bond donors (Lipinski definition) is 1. The molecule has 1 N–H and O–H groups in total. The smallest absolute Gasteiger partial charge is 0.246 e. The van der Waals surface area contributed by atoms with E-state index in [2.05, 4.69) is 19.8 Å². The highest BCUT2D eigenvalue weighted by Gasteiger charge is 2.22. The van der Waals surface area contributed by atoms with E-state index >= 15 is 0 Å². The summed E-state index contributed by atoms with van der Waals surface area (Å²) in [5.74, 6) is -0.947. The van der Waals surface area contributed by atoms with E-state index in [4.69, 9.17) is 0 Å². The fraction of sp³-hybridized carbons (Fsp3) is 0.125. The Hall–Kier alpha value is -2.03. The fourth-order valence-electron chi connectivity index (χ4n) is 1.13. The maximum atomic E-state index is 13.3. The first-order valence-corrected chi connectivity index (χ1v) is 5.96. The molecule has 2 aromatic heterocycles. The van der Waals surface area contributed by atoms with Gasteiger partial charge in [0.25, 0.3) is 10.0 Å². The molecule has 17 heavy (non-hydrogen) atoms. The number of aryl methyl sites for hydroxylation is 1. The molecule has 0 spiro atoms. The first-order chi connectivity index (χ1) is 8.00. The van der Waals surface area contributed by atoms with Gasteiger partial charge in [0, 0.05) is 13.2 Å². The molecule has 7 nitrogen and oxygen atoms in total. The summed E-state index contributed by atoms with van der Waals surface area (Å²) in [6, 6.07) is 2.31. The van der Waals surface area contributed by atoms with Gasteiger partial charge in [-0.15, -0.1) is 0 Å². The van der Waals surface area contributed by atoms with Gasteiger partial charge >= 0.3 is 0 Å². The van der Waals surface area contributed by atoms with Gasteiger partial charge in [0.2, 0.25) is 11.0 Å². The normalized spacial score (nSPS) is 11.4. The third-order valence-electron chi connectivity index (χ3n) is 1.92. The molecule has 2 aromatic rings. The Morgan fingerprint density at radius 3 is 2.76 bits per heavy atom. The predicted octanol–water partition coefficient (Wildman–Crippen LogP) is 0.150. The number of nitrogens with one attached hydrogen (secondary N) is 1. The summed E-state index contributed by atoms with van der Waals surface area (Å²) in [6.45, 7) is 0. The number of pyridine rings is 1. The first kappa shape index (κ1) is 11.5. The van der Waals surface area contributed by atoms with E-state index < -0.39 is 20.9 Å². The average molecular weight is 257 g/mol. The summed E-state index contributed by atoms with van der Waals surface area (Å²) < 4.78 is 40.1. The maximum Gasteiger partial charge on any atom is 0.284 e. The molecule has 0 atom stereocenters. The molecule has 9 heteroatoms. The van der Waals surface area contributed by atoms with Crippen molar-refractivity contribution in [3.05, 3.63) is 30.5 Å². The molecule has 0 amide bonds. The second-order valence-electron chi connectivity index (χ2n) is 3.10. The second-order valence-corrected chi connectivity index (χ2v) is 4.70. The van der Waals surface area contributed by atoms with Gasteiger partial charge in [-0.3, -0.25) is 0 Å². The van der Waals surface area contributed by atoms with Crippen molar-refractivity contribution in [3.8, 4) is 0 Å². The molecule has 0 aromatic carbocycles. The minimum absolute atomic E-state index is 0.0185. The Labute approximate surface area is 96.4 Å². The molecule has 0 aliphatic carbocycles. The maximum absolute atomic E-state index is 13.3. The zero-order valence-electron chi connectivity index (χ0n) is 8.70. The molecule has 2 heterocycles. The van der Waals surface area contributed by atoms with Gasteiger partial charge in [-0.25, -0.2) is 18.8 Å². The molecule has 0 bridgehead atoms. The Bertz CT molecular complexity index is 639. The molecule has 0 radical (unpaired) electrons. The third kappa shape index (κ3) is 2.23. The quantitative estimate of drug-likeness (QED) is 0.845. The van der Waals surface area contributed by atoms with E-state index in [0.29, 0.717) is 0 Å². The van der Waals surface area contributed by atoms with Crippen LogP contribution in [0.3, 0.4) is 0 Å². The summed E-state index contributed by atoms with van der Waals surface area (Å²) in [5.41, 5.74) is 0. The number of nitrogens with zero attached hydrogens (tertiary/aromatic N) is 4. The minimum atomic E-state index is -4.10. The highest BCUT2D eigenvalue weighted by atomic mass is 32.2. The van der Waals surface area contributed by atoms with Gasteiger partial charge < -0.3 is 0 Å². The Balaban J connectivity index is 2.39. The zero-order chi connectivity index (χ0) is 12.5. The molecule has 0 aliphatic heterocycles. The van der Waals surface area contributed by atoms with Crippen LogP contribution in [0.25, 0.3) is 0 Å². The lowest BCUT2D eigenvalue weighted by atomic mass is 10.5. The number of halogens is 1. The van der Waals surface area contributed by atoms with Crippen molar-refractivity contribution in [3.63, 3.8) is 0 Å². The van der Waals surface area contributed by atoms with Crippen LogP contribution in [0.4, 0.5) is 10.3 Å². The lowest BCUT2D eigenvalue weighted by Gasteiger charge is -2.06. The van der Waals surface area contributed by atoms with Gasteiger partial charge in [0.05, 0.1) is 0 Å². The van der Waals surface area contributed by atoms with Crippen molar-refractivity contribution >= 4 is 16.0 Å². The van der Waals surface area contributed by atoms with Gasteiger partial charge in [-0.2, -0.15) is 18.5 Å². The highest BCUT2D eigenvalue weighted by molar-refractivity contribution is 7.92. The summed E-state index contributed by atoms with van der Waals surface area (Å²) in [6.07, 6.45) is 2.36. The zero-order valence-corrected chi connectivity index (χ0v) is 9.52. The number of aromatic nitrogens is 4. The summed E-state index contributed by atoms with van der Waals surface area (Å²) in [7, 11) is -2.60. The van der Waals surface area contributed by atoms with Crippen molar-refractivity contribution in [1.82, 2.24) is 19.7 Å². The molecule has 0 saturated carbocycles. The van der Waals surface area contributed by atoms with Crippen LogP contribution >= 0.6 is 0 Å². The summed E-state index contributed by atoms with van der Waals surface area (Å²) in [4.78, 5) is 7.14. The molecule has 2 rings (SSSR count). The van der Waals surface area contributed by atoms with Gasteiger partial charge in [0.15, 0.2) is 5.82 Å². The summed E-state index contributed by atoms with van der Waals surface area (Å²) in [5, 5.41) is 3.00. The number of rotatable bonds is 3. The Kier molecular flexibility index (Phi) is 2.76. The standard InChI is InChI=1S/C8H8FN5O2S/c1-14-8(11-5-12-14)13-17(15,16)7-6(9)3-2-4-10-7/h2-5H,1H3,(H,11,12,13). The lowest BCUT2D eigenvalue weighted by molar-refractivity contribution is 0.556. The van der Waals surface area contributed by atoms with Crippen LogP contribution in [0.15, 0.2) is 29.7 Å². The highest BCUT2D eigenvalue weighted by Crippen LogP contribution is 2.13. The van der Waals surface area contributed by atoms with Crippen LogP contribution in [-0.2, 0) is 17.1 Å². The van der Waals surface area contributed by atoms with E-state index in [1.807, 2.05) is 0 Å². The Morgan fingerprint density at radius 2 is 2.18 bits per heavy atom. The fourth-order valence-corrected chi connectivity index (χ4v) is 2.17. The first-order valence-electron chi connectivity index (χ1n) is 4.48. The molecular weight excluding hydrogens is 249 g/mol. The second kappa shape index (κ2) is 4.09. The molecule has 0 unspecified atom stereocenters. The van der Waals surface area contributed by atoms with Gasteiger partial charge in [-0.1, -0.05) is 0 Å². The third-order valence-corrected chi connectivity index (χ3v) is 3.18. The topological polar surface area (TPSA) is 89.8 Å². The van der Waals surface area contributed by atoms with Crippen LogP contribution in [0.2, 0.25) is 0 Å². The van der Waals surface area contributed by atoms with Crippen LogP contribution in [0.1, 0.15) is 0 Å². The molecule has 90 valence electrons. The van der Waals surface area contributed by atoms with Crippen LogP contribution in [0, 0.1) is 5.82 Å². The minimum Gasteiger partial charge on any atom is -0.246 e. The van der Waals surface area contributed by atoms with Crippen molar-refractivity contribution in [2.24, 2.45) is 7.05 Å². The molecule has 0 fully saturated rings. The molecule has 0 aliphatic rings. The predicted molar refractivity (Wildman–Crippen MR) is 56.0 cm³/mol. The van der Waals surface area contributed by atoms with Crippen molar-refractivity contribution in [2.75, 3.05) is 4.72 Å². The van der Waals surface area contributed by atoms with Crippen molar-refractivity contribution in [2.45, 2.75) is 5.03 Å². The largest absolute Gasteiger partial charge is 0.284 e. The van der Waals surface area contributed by atoms with E-state index in [1.165, 1.54) is 30.3 Å². The van der Waals surface area contributed by atoms with Gasteiger partial charge in [0.1, 0.15) is 6.33 Å². The van der Waals surface area contributed by atoms with E-state index in [-0.39, 0.29) is 5.95 Å². The van der Waals surface area contributed by atoms with E-state index in [0.717, 1.165) is 6.07 Å². The van der Waals surface area contributed by atoms with Crippen LogP contribution in [-0.4, -0.2) is 28.2 Å². The lowest BCUT2D eigenvalue weighted by Crippen LogP contribution is -2.18. The average Bonchev–Trinajstić information content (AvgIpc) is 2.64. The monoisotopic (exact) mass is 257 g/mol. The van der Waals surface area contributed by atoms with Crippen molar-refractivity contribution < 1.29 is 12.8 Å². The van der Waals surface area contributed by atoms with Crippen LogP contribution in [0.5, 0.6) is 0 Å². The van der Waals surface area contributed by atoms with Crippen LogP contribution < -0.4 is 4.72 Å². The number of hydrogen-bond acceptors (Lipinski definition) is 5. The molecular formula is C8H8FN5O2S. The summed E-state index contributed by atoms with van der Waals surface area (Å²) >= 11 is 0. The number of sulfonamides is 1. The van der Waals surface area contributed by atoms with Gasteiger partial charge in [-0.05, 0) is 12.1 Å². The van der Waals surface area contributed by atoms with Crippen molar-refractivity contribution in [1.29, 1.82) is 0 Å². The SMILES string of the molecule is Cn1ncnc1NS(=O)(=O)c1ncccc1F.